The minimum atomic E-state index is 0.637. The summed E-state index contributed by atoms with van der Waals surface area (Å²) in [6.45, 7) is 0.637. The van der Waals surface area contributed by atoms with Gasteiger partial charge in [-0.05, 0) is 24.3 Å². The van der Waals surface area contributed by atoms with Crippen molar-refractivity contribution in [3.05, 3.63) is 54.5 Å². The van der Waals surface area contributed by atoms with Gasteiger partial charge in [-0.15, -0.1) is 10.2 Å². The Labute approximate surface area is 114 Å². The molecule has 0 aliphatic carbocycles. The van der Waals surface area contributed by atoms with E-state index in [0.717, 1.165) is 21.5 Å². The highest BCUT2D eigenvalue weighted by Gasteiger charge is 2.06. The third-order valence-electron chi connectivity index (χ3n) is 2.46. The predicted octanol–water partition coefficient (Wildman–Crippen LogP) is 2.61. The van der Waals surface area contributed by atoms with Gasteiger partial charge in [-0.25, -0.2) is 0 Å². The summed E-state index contributed by atoms with van der Waals surface area (Å²) in [4.78, 5) is 8.49. The predicted molar refractivity (Wildman–Crippen MR) is 74.7 cm³/mol. The van der Waals surface area contributed by atoms with Crippen LogP contribution in [-0.4, -0.2) is 20.2 Å². The van der Waals surface area contributed by atoms with Gasteiger partial charge in [0.25, 0.3) is 0 Å². The average Bonchev–Trinajstić information content (AvgIpc) is 2.96. The second kappa shape index (κ2) is 5.53. The molecular weight excluding hydrogens is 258 g/mol. The molecule has 19 heavy (non-hydrogen) atoms. The highest BCUT2D eigenvalue weighted by Crippen LogP contribution is 2.24. The van der Waals surface area contributed by atoms with Gasteiger partial charge in [-0.2, -0.15) is 0 Å². The van der Waals surface area contributed by atoms with E-state index in [-0.39, 0.29) is 0 Å². The standard InChI is InChI=1S/C13H11N5S/c1-3-7-14-10(5-1)9-16-13-18-17-12(19-13)11-6-2-4-8-15-11/h1-8H,9H2,(H,16,18). The Morgan fingerprint density at radius 2 is 1.79 bits per heavy atom. The van der Waals surface area contributed by atoms with Crippen LogP contribution in [0.5, 0.6) is 0 Å². The van der Waals surface area contributed by atoms with Gasteiger partial charge in [0.2, 0.25) is 5.13 Å². The lowest BCUT2D eigenvalue weighted by Gasteiger charge is -1.99. The van der Waals surface area contributed by atoms with E-state index < -0.39 is 0 Å². The molecule has 0 saturated heterocycles. The zero-order valence-corrected chi connectivity index (χ0v) is 10.8. The smallest absolute Gasteiger partial charge is 0.206 e. The van der Waals surface area contributed by atoms with Crippen molar-refractivity contribution < 1.29 is 0 Å². The summed E-state index contributed by atoms with van der Waals surface area (Å²) in [6.07, 6.45) is 3.52. The first-order chi connectivity index (χ1) is 9.42. The van der Waals surface area contributed by atoms with Gasteiger partial charge in [-0.1, -0.05) is 23.5 Å². The Balaban J connectivity index is 1.69. The molecule has 3 aromatic heterocycles. The number of hydrogen-bond donors (Lipinski definition) is 1. The van der Waals surface area contributed by atoms with Crippen LogP contribution >= 0.6 is 11.3 Å². The van der Waals surface area contributed by atoms with E-state index in [1.54, 1.807) is 12.4 Å². The zero-order valence-electron chi connectivity index (χ0n) is 10.0. The largest absolute Gasteiger partial charge is 0.354 e. The number of rotatable bonds is 4. The summed E-state index contributed by atoms with van der Waals surface area (Å²) in [7, 11) is 0. The number of nitrogens with zero attached hydrogens (tertiary/aromatic N) is 4. The van der Waals surface area contributed by atoms with Crippen molar-refractivity contribution in [1.82, 2.24) is 20.2 Å². The van der Waals surface area contributed by atoms with Crippen LogP contribution in [0.2, 0.25) is 0 Å². The highest BCUT2D eigenvalue weighted by atomic mass is 32.1. The number of aromatic nitrogens is 4. The molecule has 0 spiro atoms. The summed E-state index contributed by atoms with van der Waals surface area (Å²) in [5.74, 6) is 0. The van der Waals surface area contributed by atoms with Crippen LogP contribution in [0.1, 0.15) is 5.69 Å². The highest BCUT2D eigenvalue weighted by molar-refractivity contribution is 7.18. The Kier molecular flexibility index (Phi) is 3.42. The molecule has 3 rings (SSSR count). The first kappa shape index (κ1) is 11.7. The lowest BCUT2D eigenvalue weighted by atomic mass is 10.3. The SMILES string of the molecule is c1ccc(CNc2nnc(-c3ccccn3)s2)nc1. The third kappa shape index (κ3) is 2.92. The molecule has 0 saturated carbocycles. The van der Waals surface area contributed by atoms with Crippen LogP contribution < -0.4 is 5.32 Å². The fourth-order valence-electron chi connectivity index (χ4n) is 1.56. The summed E-state index contributed by atoms with van der Waals surface area (Å²) in [6, 6.07) is 11.6. The van der Waals surface area contributed by atoms with Crippen LogP contribution in [0.15, 0.2) is 48.8 Å². The van der Waals surface area contributed by atoms with E-state index in [1.165, 1.54) is 11.3 Å². The van der Waals surface area contributed by atoms with Crippen molar-refractivity contribution in [3.8, 4) is 10.7 Å². The average molecular weight is 269 g/mol. The van der Waals surface area contributed by atoms with Crippen LogP contribution in [0.25, 0.3) is 10.7 Å². The molecule has 5 nitrogen and oxygen atoms in total. The molecule has 0 aromatic carbocycles. The van der Waals surface area contributed by atoms with Gasteiger partial charge >= 0.3 is 0 Å². The molecule has 94 valence electrons. The fourth-order valence-corrected chi connectivity index (χ4v) is 2.27. The van der Waals surface area contributed by atoms with Crippen molar-refractivity contribution in [2.24, 2.45) is 0 Å². The molecule has 3 heterocycles. The molecular formula is C13H11N5S. The Hall–Kier alpha value is -2.34. The molecule has 0 radical (unpaired) electrons. The fraction of sp³-hybridized carbons (Fsp3) is 0.0769. The van der Waals surface area contributed by atoms with E-state index in [9.17, 15) is 0 Å². The molecule has 0 amide bonds. The third-order valence-corrected chi connectivity index (χ3v) is 3.36. The van der Waals surface area contributed by atoms with Crippen LogP contribution in [0.4, 0.5) is 5.13 Å². The van der Waals surface area contributed by atoms with E-state index >= 15 is 0 Å². The summed E-state index contributed by atoms with van der Waals surface area (Å²) in [5.41, 5.74) is 1.81. The summed E-state index contributed by atoms with van der Waals surface area (Å²) >= 11 is 1.48. The maximum atomic E-state index is 4.25. The van der Waals surface area contributed by atoms with Gasteiger partial charge in [0.05, 0.1) is 12.2 Å². The minimum absolute atomic E-state index is 0.637. The molecule has 0 bridgehead atoms. The monoisotopic (exact) mass is 269 g/mol. The summed E-state index contributed by atoms with van der Waals surface area (Å²) < 4.78 is 0. The van der Waals surface area contributed by atoms with Gasteiger partial charge in [0, 0.05) is 12.4 Å². The molecule has 6 heteroatoms. The van der Waals surface area contributed by atoms with E-state index in [2.05, 4.69) is 25.5 Å². The second-order valence-corrected chi connectivity index (χ2v) is 4.78. The summed E-state index contributed by atoms with van der Waals surface area (Å²) in [5, 5.41) is 13.0. The van der Waals surface area contributed by atoms with Gasteiger partial charge < -0.3 is 5.32 Å². The zero-order chi connectivity index (χ0) is 12.9. The van der Waals surface area contributed by atoms with E-state index in [1.807, 2.05) is 36.4 Å². The van der Waals surface area contributed by atoms with Crippen LogP contribution in [0.3, 0.4) is 0 Å². The molecule has 0 aliphatic rings. The Morgan fingerprint density at radius 3 is 2.53 bits per heavy atom. The van der Waals surface area contributed by atoms with Crippen molar-refractivity contribution in [2.75, 3.05) is 5.32 Å². The second-order valence-electron chi connectivity index (χ2n) is 3.80. The minimum Gasteiger partial charge on any atom is -0.354 e. The first-order valence-electron chi connectivity index (χ1n) is 5.80. The lowest BCUT2D eigenvalue weighted by molar-refractivity contribution is 1.01. The van der Waals surface area contributed by atoms with Crippen molar-refractivity contribution >= 4 is 16.5 Å². The normalized spacial score (nSPS) is 10.3. The number of anilines is 1. The van der Waals surface area contributed by atoms with Crippen molar-refractivity contribution in [1.29, 1.82) is 0 Å². The van der Waals surface area contributed by atoms with Gasteiger partial charge in [0.1, 0.15) is 5.69 Å². The molecule has 1 N–H and O–H groups in total. The quantitative estimate of drug-likeness (QED) is 0.788. The maximum Gasteiger partial charge on any atom is 0.206 e. The molecule has 0 aliphatic heterocycles. The van der Waals surface area contributed by atoms with E-state index in [0.29, 0.717) is 6.54 Å². The van der Waals surface area contributed by atoms with Crippen molar-refractivity contribution in [2.45, 2.75) is 6.54 Å². The maximum absolute atomic E-state index is 4.25. The van der Waals surface area contributed by atoms with E-state index in [4.69, 9.17) is 0 Å². The molecule has 3 aromatic rings. The lowest BCUT2D eigenvalue weighted by Crippen LogP contribution is -2.00. The first-order valence-corrected chi connectivity index (χ1v) is 6.62. The molecule has 0 atom stereocenters. The van der Waals surface area contributed by atoms with Gasteiger partial charge in [0.15, 0.2) is 5.01 Å². The van der Waals surface area contributed by atoms with Crippen LogP contribution in [-0.2, 0) is 6.54 Å². The Bertz CT molecular complexity index is 638. The molecule has 0 fully saturated rings. The van der Waals surface area contributed by atoms with Crippen LogP contribution in [0, 0.1) is 0 Å². The topological polar surface area (TPSA) is 63.6 Å². The number of pyridine rings is 2. The number of hydrogen-bond acceptors (Lipinski definition) is 6. The molecule has 0 unspecified atom stereocenters. The number of nitrogens with one attached hydrogen (secondary N) is 1. The Morgan fingerprint density at radius 1 is 0.947 bits per heavy atom. The van der Waals surface area contributed by atoms with Gasteiger partial charge in [-0.3, -0.25) is 9.97 Å². The van der Waals surface area contributed by atoms with Crippen molar-refractivity contribution in [3.63, 3.8) is 0 Å².